The van der Waals surface area contributed by atoms with Crippen molar-refractivity contribution in [1.29, 1.82) is 0 Å². The molecule has 0 unspecified atom stereocenters. The van der Waals surface area contributed by atoms with Crippen molar-refractivity contribution in [3.8, 4) is 5.82 Å². The molecule has 0 amide bonds. The standard InChI is InChI=1S/C14H14N4O2S/c1-7(2)12-9-5-10(14(19)20)21-13(9)18(17-12)11-4-8(3)15-6-16-11/h4-7H,1-3H3,(H,19,20). The highest BCUT2D eigenvalue weighted by atomic mass is 32.1. The first-order valence-electron chi connectivity index (χ1n) is 6.52. The summed E-state index contributed by atoms with van der Waals surface area (Å²) < 4.78 is 1.70. The van der Waals surface area contributed by atoms with Gasteiger partial charge in [-0.05, 0) is 18.9 Å². The van der Waals surface area contributed by atoms with Gasteiger partial charge in [0.1, 0.15) is 16.0 Å². The van der Waals surface area contributed by atoms with E-state index in [-0.39, 0.29) is 5.92 Å². The van der Waals surface area contributed by atoms with Crippen LogP contribution in [-0.2, 0) is 0 Å². The molecule has 7 heteroatoms. The van der Waals surface area contributed by atoms with Gasteiger partial charge in [-0.2, -0.15) is 5.10 Å². The van der Waals surface area contributed by atoms with E-state index in [0.717, 1.165) is 21.6 Å². The molecular formula is C14H14N4O2S. The third-order valence-corrected chi connectivity index (χ3v) is 4.25. The van der Waals surface area contributed by atoms with Crippen LogP contribution in [0.2, 0.25) is 0 Å². The molecule has 0 aliphatic rings. The van der Waals surface area contributed by atoms with Crippen LogP contribution in [0.4, 0.5) is 0 Å². The fraction of sp³-hybridized carbons (Fsp3) is 0.286. The predicted octanol–water partition coefficient (Wildman–Crippen LogP) is 3.01. The van der Waals surface area contributed by atoms with Gasteiger partial charge in [-0.25, -0.2) is 19.4 Å². The van der Waals surface area contributed by atoms with Gasteiger partial charge >= 0.3 is 5.97 Å². The molecule has 0 saturated heterocycles. The van der Waals surface area contributed by atoms with Gasteiger partial charge in [0.2, 0.25) is 0 Å². The second-order valence-electron chi connectivity index (χ2n) is 5.10. The largest absolute Gasteiger partial charge is 0.477 e. The van der Waals surface area contributed by atoms with Crippen molar-refractivity contribution < 1.29 is 9.90 Å². The SMILES string of the molecule is Cc1cc(-n2nc(C(C)C)c3cc(C(=O)O)sc32)ncn1. The molecule has 0 aromatic carbocycles. The summed E-state index contributed by atoms with van der Waals surface area (Å²) in [4.78, 5) is 20.6. The Bertz CT molecular complexity index is 835. The van der Waals surface area contributed by atoms with Crippen molar-refractivity contribution in [2.75, 3.05) is 0 Å². The molecule has 6 nitrogen and oxygen atoms in total. The maximum Gasteiger partial charge on any atom is 0.345 e. The highest BCUT2D eigenvalue weighted by molar-refractivity contribution is 7.20. The van der Waals surface area contributed by atoms with Crippen LogP contribution < -0.4 is 0 Å². The second-order valence-corrected chi connectivity index (χ2v) is 6.13. The number of hydrogen-bond donors (Lipinski definition) is 1. The number of carboxylic acids is 1. The molecule has 0 bridgehead atoms. The Morgan fingerprint density at radius 2 is 2.10 bits per heavy atom. The Labute approximate surface area is 125 Å². The van der Waals surface area contributed by atoms with Crippen molar-refractivity contribution in [2.24, 2.45) is 0 Å². The van der Waals surface area contributed by atoms with Crippen molar-refractivity contribution in [3.63, 3.8) is 0 Å². The molecule has 0 aliphatic carbocycles. The highest BCUT2D eigenvalue weighted by Gasteiger charge is 2.20. The maximum absolute atomic E-state index is 11.2. The molecular weight excluding hydrogens is 288 g/mol. The summed E-state index contributed by atoms with van der Waals surface area (Å²) in [5.41, 5.74) is 1.72. The number of nitrogens with zero attached hydrogens (tertiary/aromatic N) is 4. The van der Waals surface area contributed by atoms with Gasteiger partial charge in [-0.1, -0.05) is 13.8 Å². The fourth-order valence-corrected chi connectivity index (χ4v) is 3.14. The van der Waals surface area contributed by atoms with E-state index in [1.54, 1.807) is 10.7 Å². The molecule has 1 N–H and O–H groups in total. The molecule has 0 saturated carbocycles. The molecule has 0 radical (unpaired) electrons. The first-order chi connectivity index (χ1) is 9.97. The molecule has 21 heavy (non-hydrogen) atoms. The van der Waals surface area contributed by atoms with E-state index >= 15 is 0 Å². The van der Waals surface area contributed by atoms with Crippen LogP contribution in [0.3, 0.4) is 0 Å². The van der Waals surface area contributed by atoms with Crippen LogP contribution in [0.15, 0.2) is 18.5 Å². The van der Waals surface area contributed by atoms with Gasteiger partial charge in [0.15, 0.2) is 5.82 Å². The molecule has 3 heterocycles. The van der Waals surface area contributed by atoms with Gasteiger partial charge < -0.3 is 5.11 Å². The zero-order valence-electron chi connectivity index (χ0n) is 11.9. The molecule has 0 aliphatic heterocycles. The van der Waals surface area contributed by atoms with Gasteiger partial charge in [0, 0.05) is 17.1 Å². The monoisotopic (exact) mass is 302 g/mol. The minimum atomic E-state index is -0.920. The van der Waals surface area contributed by atoms with E-state index in [2.05, 4.69) is 15.1 Å². The molecule has 0 fully saturated rings. The summed E-state index contributed by atoms with van der Waals surface area (Å²) >= 11 is 1.21. The average molecular weight is 302 g/mol. The van der Waals surface area contributed by atoms with Gasteiger partial charge in [-0.3, -0.25) is 0 Å². The summed E-state index contributed by atoms with van der Waals surface area (Å²) in [7, 11) is 0. The van der Waals surface area contributed by atoms with Crippen molar-refractivity contribution in [3.05, 3.63) is 34.7 Å². The lowest BCUT2D eigenvalue weighted by atomic mass is 10.1. The van der Waals surface area contributed by atoms with E-state index in [1.165, 1.54) is 17.7 Å². The topological polar surface area (TPSA) is 80.9 Å². The van der Waals surface area contributed by atoms with Gasteiger partial charge in [-0.15, -0.1) is 11.3 Å². The number of aryl methyl sites for hydroxylation is 1. The summed E-state index contributed by atoms with van der Waals surface area (Å²) in [6.07, 6.45) is 1.49. The summed E-state index contributed by atoms with van der Waals surface area (Å²) in [6, 6.07) is 3.52. The normalized spacial score (nSPS) is 11.4. The highest BCUT2D eigenvalue weighted by Crippen LogP contribution is 2.33. The molecule has 108 valence electrons. The Morgan fingerprint density at radius 3 is 2.71 bits per heavy atom. The number of aromatic carboxylic acids is 1. The zero-order valence-corrected chi connectivity index (χ0v) is 12.7. The maximum atomic E-state index is 11.2. The summed E-state index contributed by atoms with van der Waals surface area (Å²) in [6.45, 7) is 5.96. The minimum Gasteiger partial charge on any atom is -0.477 e. The molecule has 0 atom stereocenters. The van der Waals surface area contributed by atoms with E-state index in [0.29, 0.717) is 10.7 Å². The number of thiophene rings is 1. The Morgan fingerprint density at radius 1 is 1.33 bits per heavy atom. The first kappa shape index (κ1) is 13.7. The van der Waals surface area contributed by atoms with E-state index in [1.807, 2.05) is 26.8 Å². The molecule has 3 aromatic heterocycles. The lowest BCUT2D eigenvalue weighted by Gasteiger charge is -2.02. The second kappa shape index (κ2) is 4.92. The van der Waals surface area contributed by atoms with Crippen molar-refractivity contribution in [2.45, 2.75) is 26.7 Å². The Hall–Kier alpha value is -2.28. The Balaban J connectivity index is 2.29. The van der Waals surface area contributed by atoms with Crippen LogP contribution in [0.5, 0.6) is 0 Å². The summed E-state index contributed by atoms with van der Waals surface area (Å²) in [5.74, 6) is -0.0672. The van der Waals surface area contributed by atoms with Crippen LogP contribution in [-0.4, -0.2) is 30.8 Å². The quantitative estimate of drug-likeness (QED) is 0.804. The first-order valence-corrected chi connectivity index (χ1v) is 7.33. The molecule has 0 spiro atoms. The molecule has 3 aromatic rings. The third-order valence-electron chi connectivity index (χ3n) is 3.15. The van der Waals surface area contributed by atoms with Gasteiger partial charge in [0.25, 0.3) is 0 Å². The number of rotatable bonds is 3. The van der Waals surface area contributed by atoms with Crippen molar-refractivity contribution >= 4 is 27.5 Å². The minimum absolute atomic E-state index is 0.202. The van der Waals surface area contributed by atoms with Gasteiger partial charge in [0.05, 0.1) is 5.69 Å². The fourth-order valence-electron chi connectivity index (χ4n) is 2.17. The van der Waals surface area contributed by atoms with Crippen LogP contribution in [0, 0.1) is 6.92 Å². The predicted molar refractivity (Wildman–Crippen MR) is 80.3 cm³/mol. The average Bonchev–Trinajstić information content (AvgIpc) is 2.96. The molecule has 3 rings (SSSR count). The summed E-state index contributed by atoms with van der Waals surface area (Å²) in [5, 5.41) is 14.7. The zero-order chi connectivity index (χ0) is 15.1. The van der Waals surface area contributed by atoms with E-state index in [9.17, 15) is 9.90 Å². The van der Waals surface area contributed by atoms with Crippen molar-refractivity contribution in [1.82, 2.24) is 19.7 Å². The number of hydrogen-bond acceptors (Lipinski definition) is 5. The van der Waals surface area contributed by atoms with Crippen LogP contribution >= 0.6 is 11.3 Å². The van der Waals surface area contributed by atoms with E-state index in [4.69, 9.17) is 0 Å². The number of carboxylic acid groups (broad SMARTS) is 1. The lowest BCUT2D eigenvalue weighted by Crippen LogP contribution is -2.02. The van der Waals surface area contributed by atoms with Crippen LogP contribution in [0.1, 0.15) is 40.8 Å². The lowest BCUT2D eigenvalue weighted by molar-refractivity contribution is 0.0702. The number of aromatic nitrogens is 4. The number of fused-ring (bicyclic) bond motifs is 1. The smallest absolute Gasteiger partial charge is 0.345 e. The van der Waals surface area contributed by atoms with Crippen LogP contribution in [0.25, 0.3) is 16.0 Å². The number of carbonyl (C=O) groups is 1. The van der Waals surface area contributed by atoms with E-state index < -0.39 is 5.97 Å². The Kier molecular flexibility index (Phi) is 3.21. The third kappa shape index (κ3) is 2.29.